The number of likely N-dealkylation sites (tertiary alicyclic amines) is 1. The number of pyridine rings is 1. The zero-order valence-corrected chi connectivity index (χ0v) is 17.7. The Hall–Kier alpha value is -2.77. The third kappa shape index (κ3) is 4.20. The van der Waals surface area contributed by atoms with Crippen LogP contribution in [-0.2, 0) is 22.6 Å². The lowest BCUT2D eigenvalue weighted by molar-refractivity contribution is -0.142. The number of benzene rings is 1. The Kier molecular flexibility index (Phi) is 5.70. The highest BCUT2D eigenvalue weighted by Crippen LogP contribution is 2.27. The monoisotopic (exact) mass is 419 g/mol. The van der Waals surface area contributed by atoms with Crippen LogP contribution in [0.1, 0.15) is 42.0 Å². The number of carbonyl (C=O) groups is 2. The summed E-state index contributed by atoms with van der Waals surface area (Å²) in [6.07, 6.45) is 6.68. The second kappa shape index (κ2) is 8.77. The number of nitrogens with zero attached hydrogens (tertiary/aromatic N) is 3. The van der Waals surface area contributed by atoms with Gasteiger partial charge < -0.3 is 9.80 Å². The summed E-state index contributed by atoms with van der Waals surface area (Å²) in [5.41, 5.74) is 10.1. The fourth-order valence-corrected chi connectivity index (χ4v) is 5.04. The summed E-state index contributed by atoms with van der Waals surface area (Å²) in [6, 6.07) is 12.2. The van der Waals surface area contributed by atoms with Crippen molar-refractivity contribution in [2.24, 2.45) is 5.92 Å². The summed E-state index contributed by atoms with van der Waals surface area (Å²) in [6.45, 7) is 2.81. The molecule has 0 bridgehead atoms. The van der Waals surface area contributed by atoms with E-state index in [9.17, 15) is 9.59 Å². The number of hydrazine groups is 1. The van der Waals surface area contributed by atoms with Gasteiger partial charge in [0, 0.05) is 50.5 Å². The molecule has 31 heavy (non-hydrogen) atoms. The van der Waals surface area contributed by atoms with E-state index >= 15 is 0 Å². The average molecular weight is 420 g/mol. The van der Waals surface area contributed by atoms with E-state index in [1.165, 1.54) is 11.1 Å². The predicted molar refractivity (Wildman–Crippen MR) is 117 cm³/mol. The molecule has 2 atom stereocenters. The van der Waals surface area contributed by atoms with Crippen LogP contribution in [0, 0.1) is 5.92 Å². The normalized spacial score (nSPS) is 24.1. The molecule has 0 spiro atoms. The molecule has 3 aliphatic rings. The molecule has 162 valence electrons. The number of nitrogens with one attached hydrogen (secondary N) is 2. The summed E-state index contributed by atoms with van der Waals surface area (Å²) in [7, 11) is 0. The van der Waals surface area contributed by atoms with E-state index in [-0.39, 0.29) is 29.8 Å². The second-order valence-corrected chi connectivity index (χ2v) is 8.79. The Morgan fingerprint density at radius 1 is 0.871 bits per heavy atom. The van der Waals surface area contributed by atoms with Gasteiger partial charge in [0.25, 0.3) is 0 Å². The predicted octanol–water partition coefficient (Wildman–Crippen LogP) is 1.81. The van der Waals surface area contributed by atoms with E-state index in [1.54, 1.807) is 12.4 Å². The highest BCUT2D eigenvalue weighted by molar-refractivity contribution is 5.83. The van der Waals surface area contributed by atoms with Crippen molar-refractivity contribution in [2.75, 3.05) is 19.6 Å². The summed E-state index contributed by atoms with van der Waals surface area (Å²) in [4.78, 5) is 34.1. The van der Waals surface area contributed by atoms with Crippen molar-refractivity contribution in [2.45, 2.75) is 44.3 Å². The first-order valence-corrected chi connectivity index (χ1v) is 11.2. The Bertz CT molecular complexity index is 942. The van der Waals surface area contributed by atoms with Gasteiger partial charge in [-0.3, -0.25) is 14.6 Å². The van der Waals surface area contributed by atoms with Crippen molar-refractivity contribution in [3.05, 3.63) is 65.5 Å². The first-order valence-electron chi connectivity index (χ1n) is 11.2. The van der Waals surface area contributed by atoms with E-state index in [4.69, 9.17) is 0 Å². The zero-order valence-electron chi connectivity index (χ0n) is 17.7. The maximum Gasteiger partial charge on any atom is 0.241 e. The van der Waals surface area contributed by atoms with Crippen LogP contribution in [0.4, 0.5) is 0 Å². The third-order valence-electron chi connectivity index (χ3n) is 6.91. The number of aromatic nitrogens is 1. The van der Waals surface area contributed by atoms with E-state index in [1.807, 2.05) is 28.0 Å². The molecule has 7 heteroatoms. The fraction of sp³-hybridized carbons (Fsp3) is 0.458. The SMILES string of the molecule is O=C(C1CCN(C(=O)C2CC(c3ccncc3)NN2)CC1)N1CCc2ccccc2C1. The molecule has 0 radical (unpaired) electrons. The largest absolute Gasteiger partial charge is 0.341 e. The minimum Gasteiger partial charge on any atom is -0.341 e. The van der Waals surface area contributed by atoms with Gasteiger partial charge in [-0.2, -0.15) is 0 Å². The van der Waals surface area contributed by atoms with Gasteiger partial charge in [0.15, 0.2) is 0 Å². The van der Waals surface area contributed by atoms with Crippen LogP contribution in [-0.4, -0.2) is 52.3 Å². The number of hydrogen-bond donors (Lipinski definition) is 2. The van der Waals surface area contributed by atoms with Gasteiger partial charge in [-0.1, -0.05) is 24.3 Å². The minimum absolute atomic E-state index is 0.0218. The first-order chi connectivity index (χ1) is 15.2. The number of carbonyl (C=O) groups excluding carboxylic acids is 2. The molecule has 3 aliphatic heterocycles. The lowest BCUT2D eigenvalue weighted by Crippen LogP contribution is -2.50. The van der Waals surface area contributed by atoms with Gasteiger partial charge in [-0.15, -0.1) is 0 Å². The molecule has 2 N–H and O–H groups in total. The molecule has 5 rings (SSSR count). The van der Waals surface area contributed by atoms with Crippen molar-refractivity contribution in [3.8, 4) is 0 Å². The molecule has 2 saturated heterocycles. The van der Waals surface area contributed by atoms with E-state index < -0.39 is 0 Å². The third-order valence-corrected chi connectivity index (χ3v) is 6.91. The van der Waals surface area contributed by atoms with Crippen LogP contribution in [0.5, 0.6) is 0 Å². The standard InChI is InChI=1S/C24H29N5O2/c30-23(29-14-7-17-3-1-2-4-20(17)16-29)19-8-12-28(13-9-19)24(31)22-15-21(26-27-22)18-5-10-25-11-6-18/h1-6,10-11,19,21-22,26-27H,7-9,12-16H2. The van der Waals surface area contributed by atoms with E-state index in [0.29, 0.717) is 19.6 Å². The molecule has 0 aliphatic carbocycles. The highest BCUT2D eigenvalue weighted by atomic mass is 16.2. The molecule has 1 aromatic carbocycles. The van der Waals surface area contributed by atoms with Crippen LogP contribution in [0.3, 0.4) is 0 Å². The Morgan fingerprint density at radius 3 is 2.39 bits per heavy atom. The average Bonchev–Trinajstić information content (AvgIpc) is 3.34. The van der Waals surface area contributed by atoms with Gasteiger partial charge in [-0.25, -0.2) is 10.9 Å². The quantitative estimate of drug-likeness (QED) is 0.794. The number of hydrogen-bond acceptors (Lipinski definition) is 5. The maximum absolute atomic E-state index is 13.1. The highest BCUT2D eigenvalue weighted by Gasteiger charge is 2.36. The molecule has 2 unspecified atom stereocenters. The Morgan fingerprint density at radius 2 is 1.61 bits per heavy atom. The van der Waals surface area contributed by atoms with Crippen LogP contribution >= 0.6 is 0 Å². The Balaban J connectivity index is 1.13. The van der Waals surface area contributed by atoms with Crippen molar-refractivity contribution in [3.63, 3.8) is 0 Å². The number of amides is 2. The molecule has 2 fully saturated rings. The second-order valence-electron chi connectivity index (χ2n) is 8.79. The lowest BCUT2D eigenvalue weighted by atomic mass is 9.92. The molecule has 7 nitrogen and oxygen atoms in total. The van der Waals surface area contributed by atoms with Gasteiger partial charge in [0.05, 0.1) is 0 Å². The van der Waals surface area contributed by atoms with Gasteiger partial charge in [0.1, 0.15) is 6.04 Å². The van der Waals surface area contributed by atoms with Crippen LogP contribution in [0.25, 0.3) is 0 Å². The van der Waals surface area contributed by atoms with E-state index in [0.717, 1.165) is 37.8 Å². The van der Waals surface area contributed by atoms with Gasteiger partial charge in [-0.05, 0) is 54.5 Å². The number of rotatable bonds is 3. The number of piperidine rings is 1. The van der Waals surface area contributed by atoms with Crippen LogP contribution in [0.15, 0.2) is 48.8 Å². The van der Waals surface area contributed by atoms with Crippen molar-refractivity contribution < 1.29 is 9.59 Å². The maximum atomic E-state index is 13.1. The van der Waals surface area contributed by atoms with Crippen molar-refractivity contribution >= 4 is 11.8 Å². The van der Waals surface area contributed by atoms with Gasteiger partial charge in [0.2, 0.25) is 11.8 Å². The molecular formula is C24H29N5O2. The van der Waals surface area contributed by atoms with Crippen molar-refractivity contribution in [1.29, 1.82) is 0 Å². The first kappa shape index (κ1) is 20.2. The summed E-state index contributed by atoms with van der Waals surface area (Å²) >= 11 is 0. The summed E-state index contributed by atoms with van der Waals surface area (Å²) in [5, 5.41) is 0. The van der Waals surface area contributed by atoms with Crippen LogP contribution in [0.2, 0.25) is 0 Å². The molecule has 2 amide bonds. The molecule has 4 heterocycles. The fourth-order valence-electron chi connectivity index (χ4n) is 5.04. The molecule has 1 aromatic heterocycles. The smallest absolute Gasteiger partial charge is 0.241 e. The topological polar surface area (TPSA) is 77.6 Å². The number of fused-ring (bicyclic) bond motifs is 1. The van der Waals surface area contributed by atoms with Crippen LogP contribution < -0.4 is 10.9 Å². The Labute approximate surface area is 182 Å². The lowest BCUT2D eigenvalue weighted by Gasteiger charge is -2.36. The van der Waals surface area contributed by atoms with Gasteiger partial charge >= 0.3 is 0 Å². The molecule has 2 aromatic rings. The molecule has 0 saturated carbocycles. The summed E-state index contributed by atoms with van der Waals surface area (Å²) in [5.74, 6) is 0.399. The minimum atomic E-state index is -0.232. The van der Waals surface area contributed by atoms with Crippen molar-refractivity contribution in [1.82, 2.24) is 25.6 Å². The molecular weight excluding hydrogens is 390 g/mol. The van der Waals surface area contributed by atoms with E-state index in [2.05, 4.69) is 34.0 Å². The zero-order chi connectivity index (χ0) is 21.2. The summed E-state index contributed by atoms with van der Waals surface area (Å²) < 4.78 is 0.